The summed E-state index contributed by atoms with van der Waals surface area (Å²) in [5.41, 5.74) is 3.11. The molecule has 4 heterocycles. The zero-order chi connectivity index (χ0) is 17.2. The first-order chi connectivity index (χ1) is 12.2. The maximum Gasteiger partial charge on any atom is 0.153 e. The smallest absolute Gasteiger partial charge is 0.153 e. The lowest BCUT2D eigenvalue weighted by Gasteiger charge is -2.30. The molecule has 1 aliphatic rings. The van der Waals surface area contributed by atoms with Gasteiger partial charge in [-0.25, -0.2) is 13.4 Å². The van der Waals surface area contributed by atoms with E-state index in [4.69, 9.17) is 0 Å². The number of likely N-dealkylation sites (tertiary alicyclic amines) is 1. The molecule has 1 aliphatic heterocycles. The van der Waals surface area contributed by atoms with E-state index in [9.17, 15) is 8.42 Å². The minimum absolute atomic E-state index is 0.183. The van der Waals surface area contributed by atoms with Gasteiger partial charge in [0.15, 0.2) is 10.7 Å². The fourth-order valence-corrected chi connectivity index (χ4v) is 4.16. The number of nitrogens with one attached hydrogen (secondary N) is 1. The van der Waals surface area contributed by atoms with E-state index in [2.05, 4.69) is 21.3 Å². The Morgan fingerprint density at radius 2 is 2.08 bits per heavy atom. The molecule has 0 spiro atoms. The summed E-state index contributed by atoms with van der Waals surface area (Å²) in [6.45, 7) is 2.56. The standard InChI is InChI=1S/C17H21N5O2S/c23-25(24)12-21-7-3-13(4-8-21)10-22-11-14(9-20-22)15-1-5-18-17-16(15)2-6-19-17/h1-2,5-6,9,11,13,25H,3-4,7-8,10,12H2,(H,18,19). The van der Waals surface area contributed by atoms with E-state index in [1.807, 2.05) is 40.3 Å². The number of nitrogens with zero attached hydrogens (tertiary/aromatic N) is 4. The highest BCUT2D eigenvalue weighted by molar-refractivity contribution is 7.72. The molecule has 1 N–H and O–H groups in total. The Morgan fingerprint density at radius 3 is 2.88 bits per heavy atom. The highest BCUT2D eigenvalue weighted by Crippen LogP contribution is 2.27. The van der Waals surface area contributed by atoms with Crippen LogP contribution in [0.5, 0.6) is 0 Å². The van der Waals surface area contributed by atoms with Gasteiger partial charge in [0.25, 0.3) is 0 Å². The van der Waals surface area contributed by atoms with Crippen LogP contribution in [0, 0.1) is 5.92 Å². The summed E-state index contributed by atoms with van der Waals surface area (Å²) in [7, 11) is -2.32. The molecule has 1 saturated heterocycles. The lowest BCUT2D eigenvalue weighted by molar-refractivity contribution is 0.193. The number of pyridine rings is 1. The molecule has 3 aromatic rings. The number of piperidine rings is 1. The second kappa shape index (κ2) is 6.97. The van der Waals surface area contributed by atoms with Crippen LogP contribution in [0.25, 0.3) is 22.2 Å². The molecule has 0 unspecified atom stereocenters. The Kier molecular flexibility index (Phi) is 4.54. The number of aromatic amines is 1. The van der Waals surface area contributed by atoms with E-state index in [1.54, 1.807) is 0 Å². The lowest BCUT2D eigenvalue weighted by atomic mass is 9.97. The number of hydrogen-bond acceptors (Lipinski definition) is 5. The van der Waals surface area contributed by atoms with Crippen molar-refractivity contribution < 1.29 is 8.42 Å². The number of fused-ring (bicyclic) bond motifs is 1. The Balaban J connectivity index is 1.43. The Labute approximate surface area is 147 Å². The van der Waals surface area contributed by atoms with E-state index >= 15 is 0 Å². The van der Waals surface area contributed by atoms with Crippen LogP contribution < -0.4 is 0 Å². The van der Waals surface area contributed by atoms with Crippen molar-refractivity contribution in [2.75, 3.05) is 19.0 Å². The first-order valence-electron chi connectivity index (χ1n) is 8.48. The van der Waals surface area contributed by atoms with E-state index in [0.29, 0.717) is 5.92 Å². The van der Waals surface area contributed by atoms with Gasteiger partial charge in [0.1, 0.15) is 5.65 Å². The number of rotatable bonds is 5. The van der Waals surface area contributed by atoms with Crippen LogP contribution in [-0.2, 0) is 17.2 Å². The molecule has 4 rings (SSSR count). The van der Waals surface area contributed by atoms with Crippen LogP contribution in [0.15, 0.2) is 36.9 Å². The van der Waals surface area contributed by atoms with Crippen molar-refractivity contribution in [2.45, 2.75) is 19.4 Å². The van der Waals surface area contributed by atoms with E-state index < -0.39 is 10.7 Å². The van der Waals surface area contributed by atoms with Crippen molar-refractivity contribution in [3.63, 3.8) is 0 Å². The molecule has 0 amide bonds. The van der Waals surface area contributed by atoms with Gasteiger partial charge in [0.2, 0.25) is 0 Å². The molecule has 7 nitrogen and oxygen atoms in total. The minimum atomic E-state index is -2.32. The predicted molar refractivity (Wildman–Crippen MR) is 96.8 cm³/mol. The van der Waals surface area contributed by atoms with Crippen molar-refractivity contribution >= 4 is 21.7 Å². The summed E-state index contributed by atoms with van der Waals surface area (Å²) in [6.07, 6.45) is 9.71. The molecule has 132 valence electrons. The quantitative estimate of drug-likeness (QED) is 0.678. The largest absolute Gasteiger partial charge is 0.346 e. The van der Waals surface area contributed by atoms with Crippen molar-refractivity contribution in [1.29, 1.82) is 0 Å². The Morgan fingerprint density at radius 1 is 1.24 bits per heavy atom. The van der Waals surface area contributed by atoms with E-state index in [-0.39, 0.29) is 5.88 Å². The normalized spacial score (nSPS) is 16.8. The van der Waals surface area contributed by atoms with Gasteiger partial charge in [0, 0.05) is 36.1 Å². The highest BCUT2D eigenvalue weighted by Gasteiger charge is 2.20. The first-order valence-corrected chi connectivity index (χ1v) is 9.84. The van der Waals surface area contributed by atoms with Gasteiger partial charge in [-0.15, -0.1) is 0 Å². The number of hydrogen-bond donors (Lipinski definition) is 2. The van der Waals surface area contributed by atoms with Crippen LogP contribution in [0.3, 0.4) is 0 Å². The fourth-order valence-electron chi connectivity index (χ4n) is 3.55. The van der Waals surface area contributed by atoms with Crippen LogP contribution >= 0.6 is 0 Å². The number of aromatic nitrogens is 4. The molecule has 0 aromatic carbocycles. The third-order valence-electron chi connectivity index (χ3n) is 4.87. The molecule has 0 saturated carbocycles. The first kappa shape index (κ1) is 16.3. The summed E-state index contributed by atoms with van der Waals surface area (Å²) in [4.78, 5) is 9.47. The van der Waals surface area contributed by atoms with E-state index in [1.165, 1.54) is 0 Å². The number of H-pyrrole nitrogens is 1. The van der Waals surface area contributed by atoms with Crippen molar-refractivity contribution in [1.82, 2.24) is 24.6 Å². The van der Waals surface area contributed by atoms with E-state index in [0.717, 1.165) is 54.6 Å². The molecule has 0 radical (unpaired) electrons. The summed E-state index contributed by atoms with van der Waals surface area (Å²) in [5.74, 6) is 0.723. The van der Waals surface area contributed by atoms with Crippen LogP contribution in [0.1, 0.15) is 12.8 Å². The molecular weight excluding hydrogens is 338 g/mol. The summed E-state index contributed by atoms with van der Waals surface area (Å²) < 4.78 is 23.7. The second-order valence-electron chi connectivity index (χ2n) is 6.59. The maximum atomic E-state index is 10.8. The molecule has 0 aliphatic carbocycles. The van der Waals surface area contributed by atoms with Gasteiger partial charge >= 0.3 is 0 Å². The summed E-state index contributed by atoms with van der Waals surface area (Å²) >= 11 is 0. The average Bonchev–Trinajstić information content (AvgIpc) is 3.25. The SMILES string of the molecule is O=[SH](=O)CN1CCC(Cn2cc(-c3ccnc4[nH]ccc34)cn2)CC1. The number of thiol groups is 1. The lowest BCUT2D eigenvalue weighted by Crippen LogP contribution is -2.36. The third kappa shape index (κ3) is 3.59. The van der Waals surface area contributed by atoms with Gasteiger partial charge in [-0.1, -0.05) is 0 Å². The topological polar surface area (TPSA) is 83.9 Å². The van der Waals surface area contributed by atoms with Crippen LogP contribution in [0.2, 0.25) is 0 Å². The van der Waals surface area contributed by atoms with Gasteiger partial charge in [-0.2, -0.15) is 5.10 Å². The van der Waals surface area contributed by atoms with Crippen molar-refractivity contribution in [2.24, 2.45) is 5.92 Å². The third-order valence-corrected chi connectivity index (χ3v) is 5.50. The molecule has 25 heavy (non-hydrogen) atoms. The molecule has 8 heteroatoms. The van der Waals surface area contributed by atoms with Crippen molar-refractivity contribution in [3.05, 3.63) is 36.9 Å². The van der Waals surface area contributed by atoms with Gasteiger partial charge < -0.3 is 4.98 Å². The van der Waals surface area contributed by atoms with Gasteiger partial charge in [-0.3, -0.25) is 9.58 Å². The Hall–Kier alpha value is -2.19. The monoisotopic (exact) mass is 359 g/mol. The molecule has 1 fully saturated rings. The van der Waals surface area contributed by atoms with Gasteiger partial charge in [-0.05, 0) is 49.5 Å². The molecule has 0 bridgehead atoms. The summed E-state index contributed by atoms with van der Waals surface area (Å²) in [6, 6.07) is 4.05. The molecule has 3 aromatic heterocycles. The van der Waals surface area contributed by atoms with Crippen LogP contribution in [-0.4, -0.2) is 52.0 Å². The fraction of sp³-hybridized carbons (Fsp3) is 0.412. The highest BCUT2D eigenvalue weighted by atomic mass is 32.2. The zero-order valence-electron chi connectivity index (χ0n) is 13.8. The summed E-state index contributed by atoms with van der Waals surface area (Å²) in [5, 5.41) is 5.62. The molecular formula is C17H21N5O2S. The second-order valence-corrected chi connectivity index (χ2v) is 7.53. The molecule has 0 atom stereocenters. The Bertz CT molecular complexity index is 929. The minimum Gasteiger partial charge on any atom is -0.346 e. The van der Waals surface area contributed by atoms with Gasteiger partial charge in [0.05, 0.1) is 12.1 Å². The van der Waals surface area contributed by atoms with Crippen molar-refractivity contribution in [3.8, 4) is 11.1 Å². The maximum absolute atomic E-state index is 10.8. The van der Waals surface area contributed by atoms with Crippen LogP contribution in [0.4, 0.5) is 0 Å². The average molecular weight is 359 g/mol. The predicted octanol–water partition coefficient (Wildman–Crippen LogP) is 1.71. The zero-order valence-corrected chi connectivity index (χ0v) is 14.7.